The number of hydrogen-bond acceptors (Lipinski definition) is 4. The molecule has 0 saturated carbocycles. The Balaban J connectivity index is 1.61. The lowest BCUT2D eigenvalue weighted by Crippen LogP contribution is -2.28. The highest BCUT2D eigenvalue weighted by atomic mass is 32.1. The van der Waals surface area contributed by atoms with Gasteiger partial charge in [0.05, 0.1) is 28.8 Å². The van der Waals surface area contributed by atoms with Gasteiger partial charge in [-0.25, -0.2) is 4.39 Å². The number of fused-ring (bicyclic) bond motifs is 1. The van der Waals surface area contributed by atoms with Gasteiger partial charge in [-0.15, -0.1) is 11.3 Å². The number of methoxy groups -OCH3 is 1. The maximum absolute atomic E-state index is 14.5. The topological polar surface area (TPSA) is 67.4 Å². The number of benzene rings is 3. The van der Waals surface area contributed by atoms with E-state index in [0.717, 1.165) is 5.56 Å². The lowest BCUT2D eigenvalue weighted by Gasteiger charge is -2.16. The van der Waals surface area contributed by atoms with E-state index in [1.165, 1.54) is 24.5 Å². The number of anilines is 1. The fourth-order valence-electron chi connectivity index (χ4n) is 3.70. The molecule has 1 aromatic heterocycles. The van der Waals surface area contributed by atoms with E-state index in [1.54, 1.807) is 36.4 Å². The van der Waals surface area contributed by atoms with Crippen LogP contribution in [0.2, 0.25) is 0 Å². The summed E-state index contributed by atoms with van der Waals surface area (Å²) in [6.07, 6.45) is 0. The van der Waals surface area contributed by atoms with Crippen LogP contribution in [0.25, 0.3) is 10.1 Å². The van der Waals surface area contributed by atoms with Gasteiger partial charge in [0.25, 0.3) is 11.8 Å². The third kappa shape index (κ3) is 4.79. The monoisotopic (exact) mass is 462 g/mol. The summed E-state index contributed by atoms with van der Waals surface area (Å²) in [5.41, 5.74) is 2.19. The van der Waals surface area contributed by atoms with Crippen LogP contribution in [0.4, 0.5) is 10.1 Å². The van der Waals surface area contributed by atoms with Crippen molar-refractivity contribution in [2.75, 3.05) is 12.4 Å². The van der Waals surface area contributed by atoms with Crippen LogP contribution < -0.4 is 10.6 Å². The Hall–Kier alpha value is -3.55. The minimum atomic E-state index is -0.418. The van der Waals surface area contributed by atoms with Gasteiger partial charge in [-0.2, -0.15) is 0 Å². The van der Waals surface area contributed by atoms with E-state index >= 15 is 0 Å². The van der Waals surface area contributed by atoms with E-state index in [0.29, 0.717) is 31.8 Å². The first kappa shape index (κ1) is 22.6. The third-order valence-corrected chi connectivity index (χ3v) is 6.52. The molecule has 0 spiro atoms. The number of hydrogen-bond donors (Lipinski definition) is 2. The number of amides is 2. The van der Waals surface area contributed by atoms with Gasteiger partial charge >= 0.3 is 0 Å². The maximum Gasteiger partial charge on any atom is 0.266 e. The molecule has 2 amide bonds. The molecule has 0 aliphatic heterocycles. The van der Waals surface area contributed by atoms with Crippen molar-refractivity contribution in [2.24, 2.45) is 0 Å². The van der Waals surface area contributed by atoms with Crippen LogP contribution in [-0.2, 0) is 11.3 Å². The SMILES string of the molecule is COCc1c(C(=O)Nc2ccccc2C(=O)NC(C)c2ccccc2)sc2cccc(F)c12. The first-order chi connectivity index (χ1) is 16.0. The molecule has 0 saturated heterocycles. The van der Waals surface area contributed by atoms with Crippen LogP contribution in [0.1, 0.15) is 44.1 Å². The second kappa shape index (κ2) is 9.94. The molecular weight excluding hydrogens is 439 g/mol. The summed E-state index contributed by atoms with van der Waals surface area (Å²) in [5, 5.41) is 6.19. The first-order valence-electron chi connectivity index (χ1n) is 10.4. The van der Waals surface area contributed by atoms with E-state index in [4.69, 9.17) is 4.74 Å². The summed E-state index contributed by atoms with van der Waals surface area (Å²) in [7, 11) is 1.50. The van der Waals surface area contributed by atoms with Crippen molar-refractivity contribution in [1.82, 2.24) is 5.32 Å². The molecule has 3 aromatic carbocycles. The molecule has 0 bridgehead atoms. The molecule has 2 N–H and O–H groups in total. The quantitative estimate of drug-likeness (QED) is 0.358. The number of nitrogens with one attached hydrogen (secondary N) is 2. The average Bonchev–Trinajstić information content (AvgIpc) is 3.20. The second-order valence-electron chi connectivity index (χ2n) is 7.56. The average molecular weight is 463 g/mol. The van der Waals surface area contributed by atoms with Crippen molar-refractivity contribution in [3.8, 4) is 0 Å². The van der Waals surface area contributed by atoms with Gasteiger partial charge in [-0.3, -0.25) is 9.59 Å². The molecule has 168 valence electrons. The summed E-state index contributed by atoms with van der Waals surface area (Å²) in [5.74, 6) is -1.12. The molecule has 0 radical (unpaired) electrons. The Morgan fingerprint density at radius 2 is 1.70 bits per heavy atom. The van der Waals surface area contributed by atoms with Crippen molar-refractivity contribution >= 4 is 38.9 Å². The zero-order valence-electron chi connectivity index (χ0n) is 18.2. The van der Waals surface area contributed by atoms with Gasteiger partial charge in [0.15, 0.2) is 0 Å². The van der Waals surface area contributed by atoms with Crippen molar-refractivity contribution in [2.45, 2.75) is 19.6 Å². The van der Waals surface area contributed by atoms with E-state index < -0.39 is 11.7 Å². The van der Waals surface area contributed by atoms with E-state index in [1.807, 2.05) is 37.3 Å². The molecular formula is C26H23FN2O3S. The van der Waals surface area contributed by atoms with Crippen molar-refractivity contribution in [3.05, 3.63) is 100 Å². The Morgan fingerprint density at radius 1 is 0.970 bits per heavy atom. The fourth-order valence-corrected chi connectivity index (χ4v) is 4.82. The predicted octanol–water partition coefficient (Wildman–Crippen LogP) is 5.93. The molecule has 1 unspecified atom stereocenters. The number of halogens is 1. The number of carbonyl (C=O) groups is 2. The highest BCUT2D eigenvalue weighted by Gasteiger charge is 2.22. The molecule has 0 aliphatic rings. The first-order valence-corrected chi connectivity index (χ1v) is 11.3. The van der Waals surface area contributed by atoms with Crippen LogP contribution in [-0.4, -0.2) is 18.9 Å². The van der Waals surface area contributed by atoms with Crippen molar-refractivity contribution in [3.63, 3.8) is 0 Å². The molecule has 0 aliphatic carbocycles. The van der Waals surface area contributed by atoms with Crippen LogP contribution in [0.15, 0.2) is 72.8 Å². The fraction of sp³-hybridized carbons (Fsp3) is 0.154. The minimum absolute atomic E-state index is 0.0976. The normalized spacial score (nSPS) is 11.8. The van der Waals surface area contributed by atoms with Gasteiger partial charge in [0, 0.05) is 22.8 Å². The molecule has 33 heavy (non-hydrogen) atoms. The van der Waals surface area contributed by atoms with Gasteiger partial charge in [-0.05, 0) is 36.8 Å². The molecule has 7 heteroatoms. The number of ether oxygens (including phenoxy) is 1. The highest BCUT2D eigenvalue weighted by Crippen LogP contribution is 2.34. The summed E-state index contributed by atoms with van der Waals surface area (Å²) in [4.78, 5) is 26.5. The minimum Gasteiger partial charge on any atom is -0.380 e. The molecule has 4 aromatic rings. The molecule has 4 rings (SSSR count). The lowest BCUT2D eigenvalue weighted by molar-refractivity contribution is 0.0940. The van der Waals surface area contributed by atoms with Crippen molar-refractivity contribution in [1.29, 1.82) is 0 Å². The summed E-state index contributed by atoms with van der Waals surface area (Å²) >= 11 is 1.19. The third-order valence-electron chi connectivity index (χ3n) is 5.33. The van der Waals surface area contributed by atoms with Crippen LogP contribution in [0.5, 0.6) is 0 Å². The molecule has 1 heterocycles. The maximum atomic E-state index is 14.5. The molecule has 0 fully saturated rings. The highest BCUT2D eigenvalue weighted by molar-refractivity contribution is 7.21. The Morgan fingerprint density at radius 3 is 2.45 bits per heavy atom. The van der Waals surface area contributed by atoms with E-state index in [-0.39, 0.29) is 18.6 Å². The lowest BCUT2D eigenvalue weighted by atomic mass is 10.1. The summed E-state index contributed by atoms with van der Waals surface area (Å²) in [6.45, 7) is 2.00. The van der Waals surface area contributed by atoms with Gasteiger partial charge in [0.1, 0.15) is 5.82 Å². The standard InChI is InChI=1S/C26H23FN2O3S/c1-16(17-9-4-3-5-10-17)28-25(30)18-11-6-7-13-21(18)29-26(31)24-19(15-32-2)23-20(27)12-8-14-22(23)33-24/h3-14,16H,15H2,1-2H3,(H,28,30)(H,29,31). The largest absolute Gasteiger partial charge is 0.380 e. The summed E-state index contributed by atoms with van der Waals surface area (Å²) in [6, 6.07) is 21.0. The van der Waals surface area contributed by atoms with E-state index in [2.05, 4.69) is 10.6 Å². The Bertz CT molecular complexity index is 1300. The van der Waals surface area contributed by atoms with Crippen LogP contribution in [0, 0.1) is 5.82 Å². The van der Waals surface area contributed by atoms with Crippen LogP contribution in [0.3, 0.4) is 0 Å². The van der Waals surface area contributed by atoms with Gasteiger partial charge in [0.2, 0.25) is 0 Å². The van der Waals surface area contributed by atoms with Crippen LogP contribution >= 0.6 is 11.3 Å². The smallest absolute Gasteiger partial charge is 0.266 e. The van der Waals surface area contributed by atoms with Gasteiger partial charge in [-0.1, -0.05) is 48.5 Å². The number of para-hydroxylation sites is 1. The molecule has 5 nitrogen and oxygen atoms in total. The zero-order valence-corrected chi connectivity index (χ0v) is 19.0. The number of thiophene rings is 1. The predicted molar refractivity (Wildman–Crippen MR) is 129 cm³/mol. The van der Waals surface area contributed by atoms with Gasteiger partial charge < -0.3 is 15.4 Å². The second-order valence-corrected chi connectivity index (χ2v) is 8.61. The van der Waals surface area contributed by atoms with E-state index in [9.17, 15) is 14.0 Å². The Labute approximate surface area is 195 Å². The zero-order chi connectivity index (χ0) is 23.4. The number of carbonyl (C=O) groups excluding carboxylic acids is 2. The summed E-state index contributed by atoms with van der Waals surface area (Å²) < 4.78 is 20.4. The Kier molecular flexibility index (Phi) is 6.82. The van der Waals surface area contributed by atoms with Crippen molar-refractivity contribution < 1.29 is 18.7 Å². The molecule has 1 atom stereocenters. The number of rotatable bonds is 7.